The Balaban J connectivity index is 1.87. The van der Waals surface area contributed by atoms with Gasteiger partial charge in [-0.3, -0.25) is 4.79 Å². The highest BCUT2D eigenvalue weighted by Crippen LogP contribution is 2.27. The molecule has 0 spiro atoms. The van der Waals surface area contributed by atoms with E-state index in [2.05, 4.69) is 6.58 Å². The van der Waals surface area contributed by atoms with Gasteiger partial charge in [-0.2, -0.15) is 4.31 Å². The van der Waals surface area contributed by atoms with Gasteiger partial charge in [0.15, 0.2) is 0 Å². The molecule has 0 saturated carbocycles. The highest BCUT2D eigenvalue weighted by atomic mass is 32.2. The predicted octanol–water partition coefficient (Wildman–Crippen LogP) is 1.49. The molecule has 168 valence electrons. The van der Waals surface area contributed by atoms with Crippen LogP contribution < -0.4 is 4.74 Å². The monoisotopic (exact) mass is 440 g/mol. The number of rotatable bonds is 9. The van der Waals surface area contributed by atoms with Crippen molar-refractivity contribution in [2.45, 2.75) is 37.2 Å². The minimum atomic E-state index is -3.70. The molecule has 1 saturated heterocycles. The molecule has 1 amide bonds. The van der Waals surface area contributed by atoms with Crippen molar-refractivity contribution in [1.82, 2.24) is 9.21 Å². The molecule has 9 heteroatoms. The lowest BCUT2D eigenvalue weighted by Crippen LogP contribution is -2.46. The molecular weight excluding hydrogens is 408 g/mol. The maximum Gasteiger partial charge on any atom is 0.248 e. The van der Waals surface area contributed by atoms with Gasteiger partial charge in [-0.05, 0) is 49.9 Å². The van der Waals surface area contributed by atoms with E-state index in [-0.39, 0.29) is 30.6 Å². The molecule has 30 heavy (non-hydrogen) atoms. The topological polar surface area (TPSA) is 96.4 Å². The average molecular weight is 441 g/mol. The molecule has 2 rings (SSSR count). The van der Waals surface area contributed by atoms with Gasteiger partial charge in [0.25, 0.3) is 0 Å². The molecule has 0 aromatic heterocycles. The van der Waals surface area contributed by atoms with Crippen molar-refractivity contribution >= 4 is 15.9 Å². The van der Waals surface area contributed by atoms with Crippen molar-refractivity contribution in [3.05, 3.63) is 35.9 Å². The number of hydrogen-bond donors (Lipinski definition) is 1. The first kappa shape index (κ1) is 24.3. The number of amides is 1. The summed E-state index contributed by atoms with van der Waals surface area (Å²) >= 11 is 0. The molecule has 1 aliphatic rings. The number of nitrogens with zero attached hydrogens (tertiary/aromatic N) is 2. The lowest BCUT2D eigenvalue weighted by Gasteiger charge is -2.36. The van der Waals surface area contributed by atoms with E-state index in [1.54, 1.807) is 30.9 Å². The summed E-state index contributed by atoms with van der Waals surface area (Å²) in [5.74, 6) is 0.436. The average Bonchev–Trinajstić information content (AvgIpc) is 2.70. The summed E-state index contributed by atoms with van der Waals surface area (Å²) in [4.78, 5) is 14.2. The number of carbonyl (C=O) groups excluding carboxylic acids is 1. The van der Waals surface area contributed by atoms with Crippen LogP contribution in [0.1, 0.15) is 24.0 Å². The van der Waals surface area contributed by atoms with Crippen molar-refractivity contribution in [3.8, 4) is 5.75 Å². The maximum absolute atomic E-state index is 13.0. The van der Waals surface area contributed by atoms with Crippen molar-refractivity contribution < 1.29 is 27.8 Å². The number of piperidine rings is 1. The molecule has 0 radical (unpaired) electrons. The fraction of sp³-hybridized carbons (Fsp3) is 0.571. The smallest absolute Gasteiger partial charge is 0.248 e. The van der Waals surface area contributed by atoms with Gasteiger partial charge in [0.2, 0.25) is 15.9 Å². The minimum Gasteiger partial charge on any atom is -0.497 e. The first-order valence-corrected chi connectivity index (χ1v) is 11.3. The van der Waals surface area contributed by atoms with E-state index in [1.807, 2.05) is 0 Å². The van der Waals surface area contributed by atoms with Crippen molar-refractivity contribution in [2.75, 3.05) is 47.0 Å². The van der Waals surface area contributed by atoms with E-state index in [0.717, 1.165) is 0 Å². The summed E-state index contributed by atoms with van der Waals surface area (Å²) in [6.07, 6.45) is 2.42. The largest absolute Gasteiger partial charge is 0.497 e. The van der Waals surface area contributed by atoms with Gasteiger partial charge < -0.3 is 19.5 Å². The number of sulfonamides is 1. The highest BCUT2D eigenvalue weighted by molar-refractivity contribution is 7.89. The van der Waals surface area contributed by atoms with E-state index < -0.39 is 15.6 Å². The van der Waals surface area contributed by atoms with Gasteiger partial charge in [0.05, 0.1) is 24.2 Å². The van der Waals surface area contributed by atoms with Gasteiger partial charge in [-0.15, -0.1) is 6.58 Å². The molecule has 8 nitrogen and oxygen atoms in total. The summed E-state index contributed by atoms with van der Waals surface area (Å²) in [5.41, 5.74) is 0.311. The first-order chi connectivity index (χ1) is 14.0. The van der Waals surface area contributed by atoms with Crippen molar-refractivity contribution in [3.63, 3.8) is 0 Å². The third-order valence-electron chi connectivity index (χ3n) is 5.48. The van der Waals surface area contributed by atoms with Crippen LogP contribution in [0.25, 0.3) is 0 Å². The molecule has 0 atom stereocenters. The lowest BCUT2D eigenvalue weighted by molar-refractivity contribution is -0.139. The van der Waals surface area contributed by atoms with Crippen LogP contribution in [-0.4, -0.2) is 81.2 Å². The molecule has 1 fully saturated rings. The Morgan fingerprint density at radius 1 is 1.30 bits per heavy atom. The molecule has 1 N–H and O–H groups in total. The Kier molecular flexibility index (Phi) is 8.04. The maximum atomic E-state index is 13.0. The Morgan fingerprint density at radius 3 is 2.37 bits per heavy atom. The molecule has 1 aliphatic heterocycles. The van der Waals surface area contributed by atoms with Gasteiger partial charge >= 0.3 is 0 Å². The Hall–Kier alpha value is -1.94. The second-order valence-electron chi connectivity index (χ2n) is 7.66. The quantitative estimate of drug-likeness (QED) is 0.462. The zero-order valence-corrected chi connectivity index (χ0v) is 19.0. The summed E-state index contributed by atoms with van der Waals surface area (Å²) < 4.78 is 37.8. The molecule has 1 aromatic rings. The van der Waals surface area contributed by atoms with Gasteiger partial charge in [-0.1, -0.05) is 6.08 Å². The zero-order chi connectivity index (χ0) is 22.5. The number of benzene rings is 1. The van der Waals surface area contributed by atoms with Crippen molar-refractivity contribution in [2.24, 2.45) is 0 Å². The number of ether oxygens (including phenoxy) is 2. The fourth-order valence-corrected chi connectivity index (χ4v) is 5.06. The van der Waals surface area contributed by atoms with E-state index in [0.29, 0.717) is 42.8 Å². The summed E-state index contributed by atoms with van der Waals surface area (Å²) in [6.45, 7) is 8.07. The zero-order valence-electron chi connectivity index (χ0n) is 18.2. The standard InChI is InChI=1S/C21H32N2O6S/c1-6-21(25)7-9-23(10-8-21)19(24)15-29-12-11-22(4)30(26,27)20-16(2)13-18(28-5)14-17(20)3/h6,13-14,25H,1,7-12,15H2,2-5H3. The lowest BCUT2D eigenvalue weighted by atomic mass is 9.92. The Morgan fingerprint density at radius 2 is 1.87 bits per heavy atom. The van der Waals surface area contributed by atoms with Crippen molar-refractivity contribution in [1.29, 1.82) is 0 Å². The predicted molar refractivity (Wildman–Crippen MR) is 114 cm³/mol. The van der Waals surface area contributed by atoms with E-state index in [1.165, 1.54) is 24.5 Å². The number of aliphatic hydroxyl groups is 1. The molecule has 1 heterocycles. The molecule has 0 aliphatic carbocycles. The van der Waals surface area contributed by atoms with Crippen LogP contribution in [0.4, 0.5) is 0 Å². The SMILES string of the molecule is C=CC1(O)CCN(C(=O)COCCN(C)S(=O)(=O)c2c(C)cc(OC)cc2C)CC1. The van der Waals surface area contributed by atoms with Crippen LogP contribution in [0.15, 0.2) is 29.7 Å². The number of likely N-dealkylation sites (N-methyl/N-ethyl adjacent to an activating group) is 1. The van der Waals surface area contributed by atoms with Crippen LogP contribution in [-0.2, 0) is 19.6 Å². The van der Waals surface area contributed by atoms with Crippen LogP contribution in [0.3, 0.4) is 0 Å². The number of hydrogen-bond acceptors (Lipinski definition) is 6. The van der Waals surface area contributed by atoms with Gasteiger partial charge in [0.1, 0.15) is 12.4 Å². The van der Waals surface area contributed by atoms with E-state index >= 15 is 0 Å². The second-order valence-corrected chi connectivity index (χ2v) is 9.64. The second kappa shape index (κ2) is 9.91. The number of aryl methyl sites for hydroxylation is 2. The van der Waals surface area contributed by atoms with E-state index in [9.17, 15) is 18.3 Å². The van der Waals surface area contributed by atoms with Gasteiger partial charge in [-0.25, -0.2) is 8.42 Å². The normalized spacial score (nSPS) is 16.5. The third-order valence-corrected chi connectivity index (χ3v) is 7.64. The number of carbonyl (C=O) groups is 1. The third kappa shape index (κ3) is 5.60. The van der Waals surface area contributed by atoms with Crippen LogP contribution in [0, 0.1) is 13.8 Å². The number of likely N-dealkylation sites (tertiary alicyclic amines) is 1. The van der Waals surface area contributed by atoms with Crippen LogP contribution >= 0.6 is 0 Å². The highest BCUT2D eigenvalue weighted by Gasteiger charge is 2.31. The molecular formula is C21H32N2O6S. The minimum absolute atomic E-state index is 0.0974. The van der Waals surface area contributed by atoms with Crippen LogP contribution in [0.5, 0.6) is 5.75 Å². The molecule has 1 aromatic carbocycles. The van der Waals surface area contributed by atoms with Crippen LogP contribution in [0.2, 0.25) is 0 Å². The summed E-state index contributed by atoms with van der Waals surface area (Å²) in [5, 5.41) is 10.1. The molecule has 0 bridgehead atoms. The number of methoxy groups -OCH3 is 1. The first-order valence-electron chi connectivity index (χ1n) is 9.87. The summed E-state index contributed by atoms with van der Waals surface area (Å²) in [7, 11) is -0.668. The Bertz CT molecular complexity index is 852. The molecule has 0 unspecified atom stereocenters. The van der Waals surface area contributed by atoms with E-state index in [4.69, 9.17) is 9.47 Å². The Labute approximate surface area is 179 Å². The summed E-state index contributed by atoms with van der Waals surface area (Å²) in [6, 6.07) is 3.38. The van der Waals surface area contributed by atoms with Gasteiger partial charge in [0, 0.05) is 26.7 Å². The fourth-order valence-electron chi connectivity index (χ4n) is 3.50.